The topological polar surface area (TPSA) is 49.3 Å². The third-order valence-corrected chi connectivity index (χ3v) is 4.76. The Kier molecular flexibility index (Phi) is 4.46. The van der Waals surface area contributed by atoms with Crippen molar-refractivity contribution in [2.75, 3.05) is 5.75 Å². The summed E-state index contributed by atoms with van der Waals surface area (Å²) in [5.74, 6) is 0.474. The molecule has 2 N–H and O–H groups in total. The molecule has 0 bridgehead atoms. The van der Waals surface area contributed by atoms with Gasteiger partial charge in [0.05, 0.1) is 16.9 Å². The van der Waals surface area contributed by atoms with Gasteiger partial charge in [-0.05, 0) is 19.6 Å². The Morgan fingerprint density at radius 2 is 2.27 bits per heavy atom. The van der Waals surface area contributed by atoms with Crippen LogP contribution in [0, 0.1) is 5.92 Å². The summed E-state index contributed by atoms with van der Waals surface area (Å²) >= 11 is 8.17. The van der Waals surface area contributed by atoms with E-state index in [1.807, 2.05) is 6.92 Å². The average Bonchev–Trinajstić information content (AvgIpc) is 1.99. The van der Waals surface area contributed by atoms with Crippen molar-refractivity contribution in [3.8, 4) is 0 Å². The SMILES string of the molecule is CCSC(=S)SC1NC(=O)C1C(C)(C)O. The summed E-state index contributed by atoms with van der Waals surface area (Å²) in [5.41, 5.74) is -0.980. The fourth-order valence-corrected chi connectivity index (χ4v) is 4.21. The quantitative estimate of drug-likeness (QED) is 0.599. The molecule has 2 unspecified atom stereocenters. The van der Waals surface area contributed by atoms with Crippen LogP contribution < -0.4 is 5.32 Å². The van der Waals surface area contributed by atoms with Crippen LogP contribution in [0.15, 0.2) is 0 Å². The Morgan fingerprint density at radius 1 is 1.67 bits per heavy atom. The van der Waals surface area contributed by atoms with Crippen LogP contribution in [0.4, 0.5) is 0 Å². The summed E-state index contributed by atoms with van der Waals surface area (Å²) < 4.78 is 0.816. The minimum atomic E-state index is -0.980. The van der Waals surface area contributed by atoms with E-state index in [2.05, 4.69) is 5.32 Å². The lowest BCUT2D eigenvalue weighted by molar-refractivity contribution is -0.143. The van der Waals surface area contributed by atoms with Crippen molar-refractivity contribution in [2.45, 2.75) is 31.7 Å². The Balaban J connectivity index is 2.51. The van der Waals surface area contributed by atoms with Crippen LogP contribution in [0.25, 0.3) is 0 Å². The number of carbonyl (C=O) groups excluding carboxylic acids is 1. The molecule has 1 aliphatic rings. The van der Waals surface area contributed by atoms with Crippen molar-refractivity contribution < 1.29 is 9.90 Å². The van der Waals surface area contributed by atoms with Gasteiger partial charge >= 0.3 is 0 Å². The number of hydrogen-bond donors (Lipinski definition) is 2. The number of hydrogen-bond acceptors (Lipinski definition) is 5. The normalized spacial score (nSPS) is 25.7. The summed E-state index contributed by atoms with van der Waals surface area (Å²) in [6, 6.07) is 0. The predicted octanol–water partition coefficient (Wildman–Crippen LogP) is 1.60. The average molecular weight is 265 g/mol. The van der Waals surface area contributed by atoms with Crippen LogP contribution in [-0.2, 0) is 4.79 Å². The molecule has 3 nitrogen and oxygen atoms in total. The molecule has 0 aromatic heterocycles. The second kappa shape index (κ2) is 5.03. The molecule has 1 heterocycles. The molecule has 1 fully saturated rings. The van der Waals surface area contributed by atoms with Crippen molar-refractivity contribution in [1.29, 1.82) is 0 Å². The van der Waals surface area contributed by atoms with Crippen molar-refractivity contribution in [3.05, 3.63) is 0 Å². The first-order valence-electron chi connectivity index (χ1n) is 4.72. The molecule has 6 heteroatoms. The van der Waals surface area contributed by atoms with Gasteiger partial charge in [0.1, 0.15) is 3.53 Å². The number of rotatable bonds is 3. The van der Waals surface area contributed by atoms with Gasteiger partial charge in [-0.2, -0.15) is 0 Å². The molecule has 0 aromatic carbocycles. The molecule has 0 aromatic rings. The number of β-lactam (4-membered cyclic amide) rings is 1. The molecule has 1 saturated heterocycles. The standard InChI is InChI=1S/C9H15NO2S3/c1-4-14-8(13)15-7-5(6(11)10-7)9(2,3)12/h5,7,12H,4H2,1-3H3,(H,10,11). The second-order valence-corrected chi connectivity index (χ2v) is 7.47. The van der Waals surface area contributed by atoms with Crippen molar-refractivity contribution >= 4 is 45.2 Å². The Labute approximate surface area is 104 Å². The molecule has 0 spiro atoms. The van der Waals surface area contributed by atoms with Gasteiger partial charge in [0.15, 0.2) is 0 Å². The number of nitrogens with one attached hydrogen (secondary N) is 1. The third-order valence-electron chi connectivity index (χ3n) is 2.12. The second-order valence-electron chi connectivity index (χ2n) is 3.86. The highest BCUT2D eigenvalue weighted by molar-refractivity contribution is 8.47. The summed E-state index contributed by atoms with van der Waals surface area (Å²) in [4.78, 5) is 11.3. The molecule has 1 amide bonds. The maximum atomic E-state index is 11.3. The first kappa shape index (κ1) is 13.3. The number of amides is 1. The maximum Gasteiger partial charge on any atom is 0.229 e. The van der Waals surface area contributed by atoms with E-state index in [1.165, 1.54) is 11.8 Å². The fraction of sp³-hybridized carbons (Fsp3) is 0.778. The van der Waals surface area contributed by atoms with E-state index in [1.54, 1.807) is 25.6 Å². The molecular formula is C9H15NO2S3. The summed E-state index contributed by atoms with van der Waals surface area (Å²) in [6.07, 6.45) is 0. The smallest absolute Gasteiger partial charge is 0.229 e. The fourth-order valence-electron chi connectivity index (χ4n) is 1.40. The Bertz CT molecular complexity index is 275. The van der Waals surface area contributed by atoms with Crippen LogP contribution in [-0.4, -0.2) is 31.3 Å². The van der Waals surface area contributed by atoms with Gasteiger partial charge in [-0.15, -0.1) is 11.8 Å². The van der Waals surface area contributed by atoms with Crippen LogP contribution in [0.1, 0.15) is 20.8 Å². The first-order valence-corrected chi connectivity index (χ1v) is 6.99. The maximum absolute atomic E-state index is 11.3. The summed E-state index contributed by atoms with van der Waals surface area (Å²) in [6.45, 7) is 5.34. The Hall–Kier alpha value is 0.220. The van der Waals surface area contributed by atoms with Crippen molar-refractivity contribution in [2.24, 2.45) is 5.92 Å². The first-order chi connectivity index (χ1) is 6.86. The number of aliphatic hydroxyl groups is 1. The molecule has 86 valence electrons. The van der Waals surface area contributed by atoms with Gasteiger partial charge < -0.3 is 10.4 Å². The van der Waals surface area contributed by atoms with E-state index in [4.69, 9.17) is 12.2 Å². The van der Waals surface area contributed by atoms with E-state index in [-0.39, 0.29) is 17.2 Å². The zero-order valence-electron chi connectivity index (χ0n) is 8.94. The molecular weight excluding hydrogens is 250 g/mol. The molecule has 2 atom stereocenters. The lowest BCUT2D eigenvalue weighted by Crippen LogP contribution is -2.64. The van der Waals surface area contributed by atoms with E-state index >= 15 is 0 Å². The van der Waals surface area contributed by atoms with Crippen LogP contribution in [0.3, 0.4) is 0 Å². The molecule has 1 rings (SSSR count). The summed E-state index contributed by atoms with van der Waals surface area (Å²) in [7, 11) is 0. The number of carbonyl (C=O) groups is 1. The molecule has 1 aliphatic heterocycles. The van der Waals surface area contributed by atoms with Gasteiger partial charge in [-0.1, -0.05) is 30.9 Å². The minimum Gasteiger partial charge on any atom is -0.390 e. The van der Waals surface area contributed by atoms with Crippen molar-refractivity contribution in [1.82, 2.24) is 5.32 Å². The van der Waals surface area contributed by atoms with Crippen LogP contribution in [0.2, 0.25) is 0 Å². The highest BCUT2D eigenvalue weighted by Gasteiger charge is 2.48. The summed E-state index contributed by atoms with van der Waals surface area (Å²) in [5, 5.41) is 12.5. The van der Waals surface area contributed by atoms with Crippen LogP contribution in [0.5, 0.6) is 0 Å². The van der Waals surface area contributed by atoms with Gasteiger partial charge in [0.25, 0.3) is 0 Å². The minimum absolute atomic E-state index is 0.0796. The molecule has 15 heavy (non-hydrogen) atoms. The van der Waals surface area contributed by atoms with Gasteiger partial charge in [-0.3, -0.25) is 4.79 Å². The Morgan fingerprint density at radius 3 is 2.67 bits per heavy atom. The van der Waals surface area contributed by atoms with Crippen LogP contribution >= 0.6 is 35.7 Å². The van der Waals surface area contributed by atoms with Gasteiger partial charge in [-0.25, -0.2) is 0 Å². The molecule has 0 radical (unpaired) electrons. The third kappa shape index (κ3) is 3.34. The molecule has 0 saturated carbocycles. The van der Waals surface area contributed by atoms with Crippen molar-refractivity contribution in [3.63, 3.8) is 0 Å². The highest BCUT2D eigenvalue weighted by atomic mass is 32.2. The largest absolute Gasteiger partial charge is 0.390 e. The van der Waals surface area contributed by atoms with E-state index in [0.29, 0.717) is 0 Å². The van der Waals surface area contributed by atoms with E-state index in [9.17, 15) is 9.90 Å². The van der Waals surface area contributed by atoms with Gasteiger partial charge in [0, 0.05) is 0 Å². The number of thiocarbonyl (C=S) groups is 1. The number of thioether (sulfide) groups is 2. The highest BCUT2D eigenvalue weighted by Crippen LogP contribution is 2.36. The zero-order chi connectivity index (χ0) is 11.6. The molecule has 0 aliphatic carbocycles. The monoisotopic (exact) mass is 265 g/mol. The van der Waals surface area contributed by atoms with E-state index in [0.717, 1.165) is 9.28 Å². The van der Waals surface area contributed by atoms with E-state index < -0.39 is 5.60 Å². The lowest BCUT2D eigenvalue weighted by Gasteiger charge is -2.42. The predicted molar refractivity (Wildman–Crippen MR) is 70.0 cm³/mol. The lowest BCUT2D eigenvalue weighted by atomic mass is 9.85. The van der Waals surface area contributed by atoms with Gasteiger partial charge in [0.2, 0.25) is 5.91 Å². The zero-order valence-corrected chi connectivity index (χ0v) is 11.4.